The third-order valence-corrected chi connectivity index (χ3v) is 3.59. The summed E-state index contributed by atoms with van der Waals surface area (Å²) in [7, 11) is 0. The normalized spacial score (nSPS) is 12.3. The predicted molar refractivity (Wildman–Crippen MR) is 101 cm³/mol. The molecule has 0 fully saturated rings. The van der Waals surface area contributed by atoms with E-state index in [1.165, 1.54) is 0 Å². The number of hydrogen-bond acceptors (Lipinski definition) is 5. The number of alkyl halides is 1. The van der Waals surface area contributed by atoms with E-state index in [9.17, 15) is 9.59 Å². The molecule has 8 heteroatoms. The molecule has 0 aliphatic heterocycles. The molecule has 1 heterocycles. The standard InChI is InChI=1S/C19H24ClN3O4/c1-19(2,3)27-18(25)22-16(17(24)26-12-20)9-15-11-23(13-21-15)10-14-7-5-4-6-8-14/h4-8,11,13,16H,9-10,12H2,1-3H3,(H,22,25). The molecule has 0 aliphatic carbocycles. The van der Waals surface area contributed by atoms with E-state index in [1.807, 2.05) is 41.1 Å². The van der Waals surface area contributed by atoms with Crippen molar-refractivity contribution in [1.82, 2.24) is 14.9 Å². The Kier molecular flexibility index (Phi) is 7.24. The van der Waals surface area contributed by atoms with Crippen LogP contribution in [0.5, 0.6) is 0 Å². The van der Waals surface area contributed by atoms with E-state index in [0.29, 0.717) is 12.2 Å². The molecule has 2 rings (SSSR count). The van der Waals surface area contributed by atoms with Gasteiger partial charge < -0.3 is 19.4 Å². The van der Waals surface area contributed by atoms with Crippen LogP contribution in [0.1, 0.15) is 32.0 Å². The van der Waals surface area contributed by atoms with E-state index >= 15 is 0 Å². The van der Waals surface area contributed by atoms with Crippen molar-refractivity contribution in [3.8, 4) is 0 Å². The Bertz CT molecular complexity index is 756. The highest BCUT2D eigenvalue weighted by Gasteiger charge is 2.26. The summed E-state index contributed by atoms with van der Waals surface area (Å²) >= 11 is 5.47. The third-order valence-electron chi connectivity index (χ3n) is 3.48. The van der Waals surface area contributed by atoms with Gasteiger partial charge in [0, 0.05) is 19.2 Å². The lowest BCUT2D eigenvalue weighted by molar-refractivity contribution is -0.144. The molecule has 2 aromatic rings. The summed E-state index contributed by atoms with van der Waals surface area (Å²) in [4.78, 5) is 28.5. The fraction of sp³-hybridized carbons (Fsp3) is 0.421. The number of ether oxygens (including phenoxy) is 2. The summed E-state index contributed by atoms with van der Waals surface area (Å²) in [5, 5.41) is 2.52. The van der Waals surface area contributed by atoms with Crippen LogP contribution in [0.25, 0.3) is 0 Å². The zero-order valence-electron chi connectivity index (χ0n) is 15.6. The summed E-state index contributed by atoms with van der Waals surface area (Å²) in [5.74, 6) is -0.645. The number of amides is 1. The van der Waals surface area contributed by atoms with Crippen LogP contribution in [-0.4, -0.2) is 39.3 Å². The number of rotatable bonds is 7. The molecule has 1 N–H and O–H groups in total. The first-order valence-electron chi connectivity index (χ1n) is 8.53. The number of alkyl carbamates (subject to hydrolysis) is 1. The van der Waals surface area contributed by atoms with E-state index in [0.717, 1.165) is 5.56 Å². The van der Waals surface area contributed by atoms with Gasteiger partial charge in [0.15, 0.2) is 6.07 Å². The summed E-state index contributed by atoms with van der Waals surface area (Å²) in [5.41, 5.74) is 1.09. The molecule has 1 unspecified atom stereocenters. The van der Waals surface area contributed by atoms with E-state index in [4.69, 9.17) is 21.1 Å². The molecule has 7 nitrogen and oxygen atoms in total. The van der Waals surface area contributed by atoms with Gasteiger partial charge in [0.2, 0.25) is 0 Å². The maximum Gasteiger partial charge on any atom is 0.408 e. The lowest BCUT2D eigenvalue weighted by atomic mass is 10.1. The predicted octanol–water partition coefficient (Wildman–Crippen LogP) is 3.11. The monoisotopic (exact) mass is 393 g/mol. The van der Waals surface area contributed by atoms with Gasteiger partial charge in [-0.3, -0.25) is 0 Å². The number of benzene rings is 1. The number of nitrogens with one attached hydrogen (secondary N) is 1. The van der Waals surface area contributed by atoms with Crippen LogP contribution in [0.3, 0.4) is 0 Å². The highest BCUT2D eigenvalue weighted by Crippen LogP contribution is 2.10. The Morgan fingerprint density at radius 1 is 1.26 bits per heavy atom. The summed E-state index contributed by atoms with van der Waals surface area (Å²) in [6.07, 6.45) is 2.96. The topological polar surface area (TPSA) is 82.5 Å². The quantitative estimate of drug-likeness (QED) is 0.577. The van der Waals surface area contributed by atoms with Gasteiger partial charge >= 0.3 is 12.1 Å². The summed E-state index contributed by atoms with van der Waals surface area (Å²) in [6.45, 7) is 5.88. The van der Waals surface area contributed by atoms with Crippen LogP contribution in [-0.2, 0) is 27.2 Å². The second kappa shape index (κ2) is 9.41. The van der Waals surface area contributed by atoms with E-state index in [1.54, 1.807) is 27.1 Å². The van der Waals surface area contributed by atoms with Crippen molar-refractivity contribution >= 4 is 23.7 Å². The van der Waals surface area contributed by atoms with Crippen LogP contribution in [0.15, 0.2) is 42.9 Å². The third kappa shape index (κ3) is 7.30. The average Bonchev–Trinajstić information content (AvgIpc) is 3.00. The van der Waals surface area contributed by atoms with Crippen LogP contribution >= 0.6 is 11.6 Å². The first-order chi connectivity index (χ1) is 12.8. The van der Waals surface area contributed by atoms with Gasteiger partial charge in [0.1, 0.15) is 11.6 Å². The Morgan fingerprint density at radius 3 is 2.59 bits per heavy atom. The fourth-order valence-electron chi connectivity index (χ4n) is 2.40. The molecular weight excluding hydrogens is 370 g/mol. The van der Waals surface area contributed by atoms with Crippen molar-refractivity contribution < 1.29 is 19.1 Å². The van der Waals surface area contributed by atoms with Gasteiger partial charge in [0.25, 0.3) is 0 Å². The van der Waals surface area contributed by atoms with Crippen molar-refractivity contribution in [1.29, 1.82) is 0 Å². The molecule has 1 amide bonds. The second-order valence-electron chi connectivity index (χ2n) is 7.00. The highest BCUT2D eigenvalue weighted by atomic mass is 35.5. The lowest BCUT2D eigenvalue weighted by Gasteiger charge is -2.22. The van der Waals surface area contributed by atoms with Crippen molar-refractivity contribution in [3.05, 3.63) is 54.1 Å². The number of imidazole rings is 1. The van der Waals surface area contributed by atoms with Crippen molar-refractivity contribution in [2.75, 3.05) is 6.07 Å². The molecular formula is C19H24ClN3O4. The van der Waals surface area contributed by atoms with Gasteiger partial charge in [-0.1, -0.05) is 41.9 Å². The van der Waals surface area contributed by atoms with Crippen LogP contribution in [0.2, 0.25) is 0 Å². The van der Waals surface area contributed by atoms with Crippen LogP contribution < -0.4 is 5.32 Å². The molecule has 1 aromatic carbocycles. The summed E-state index contributed by atoms with van der Waals surface area (Å²) < 4.78 is 11.9. The maximum atomic E-state index is 12.1. The number of halogens is 1. The van der Waals surface area contributed by atoms with E-state index in [-0.39, 0.29) is 12.5 Å². The van der Waals surface area contributed by atoms with Crippen molar-refractivity contribution in [2.24, 2.45) is 0 Å². The molecule has 0 aliphatic rings. The SMILES string of the molecule is CC(C)(C)OC(=O)NC(Cc1cn(Cc2ccccc2)cn1)C(=O)OCCl. The Morgan fingerprint density at radius 2 is 1.96 bits per heavy atom. The average molecular weight is 394 g/mol. The number of esters is 1. The minimum Gasteiger partial charge on any atom is -0.448 e. The molecule has 146 valence electrons. The van der Waals surface area contributed by atoms with E-state index < -0.39 is 23.7 Å². The molecule has 0 saturated carbocycles. The number of nitrogens with zero attached hydrogens (tertiary/aromatic N) is 2. The zero-order chi connectivity index (χ0) is 19.9. The van der Waals surface area contributed by atoms with Gasteiger partial charge in [-0.05, 0) is 26.3 Å². The minimum atomic E-state index is -0.946. The summed E-state index contributed by atoms with van der Waals surface area (Å²) in [6, 6.07) is 8.69. The van der Waals surface area contributed by atoms with Gasteiger partial charge in [-0.25, -0.2) is 14.6 Å². The van der Waals surface area contributed by atoms with Crippen LogP contribution in [0, 0.1) is 0 Å². The molecule has 27 heavy (non-hydrogen) atoms. The molecule has 0 bridgehead atoms. The lowest BCUT2D eigenvalue weighted by Crippen LogP contribution is -2.45. The second-order valence-corrected chi connectivity index (χ2v) is 7.22. The minimum absolute atomic E-state index is 0.163. The Balaban J connectivity index is 2.04. The molecule has 0 spiro atoms. The number of hydrogen-bond donors (Lipinski definition) is 1. The largest absolute Gasteiger partial charge is 0.448 e. The first-order valence-corrected chi connectivity index (χ1v) is 9.07. The molecule has 1 aromatic heterocycles. The zero-order valence-corrected chi connectivity index (χ0v) is 16.4. The molecule has 1 atom stereocenters. The molecule has 0 saturated heterocycles. The van der Waals surface area contributed by atoms with Crippen molar-refractivity contribution in [3.63, 3.8) is 0 Å². The number of carbonyl (C=O) groups excluding carboxylic acids is 2. The highest BCUT2D eigenvalue weighted by molar-refractivity contribution is 6.17. The smallest absolute Gasteiger partial charge is 0.408 e. The van der Waals surface area contributed by atoms with Crippen molar-refractivity contribution in [2.45, 2.75) is 45.4 Å². The van der Waals surface area contributed by atoms with Gasteiger partial charge in [-0.2, -0.15) is 0 Å². The first kappa shape index (κ1) is 20.8. The van der Waals surface area contributed by atoms with Gasteiger partial charge in [0.05, 0.1) is 12.0 Å². The Labute approximate surface area is 163 Å². The maximum absolute atomic E-state index is 12.1. The Hall–Kier alpha value is -2.54. The number of carbonyl (C=O) groups is 2. The van der Waals surface area contributed by atoms with Crippen LogP contribution in [0.4, 0.5) is 4.79 Å². The number of aromatic nitrogens is 2. The fourth-order valence-corrected chi connectivity index (χ4v) is 2.51. The van der Waals surface area contributed by atoms with Gasteiger partial charge in [-0.15, -0.1) is 0 Å². The molecule has 0 radical (unpaired) electrons. The van der Waals surface area contributed by atoms with E-state index in [2.05, 4.69) is 10.3 Å².